The van der Waals surface area contributed by atoms with Gasteiger partial charge in [0.15, 0.2) is 0 Å². The number of anilines is 2. The van der Waals surface area contributed by atoms with Crippen molar-refractivity contribution in [3.8, 4) is 0 Å². The molecular formula is C32H45N3O6. The van der Waals surface area contributed by atoms with E-state index in [2.05, 4.69) is 31.9 Å². The fourth-order valence-electron chi connectivity index (χ4n) is 6.99. The maximum Gasteiger partial charge on any atom is 0.312 e. The zero-order valence-corrected chi connectivity index (χ0v) is 24.8. The van der Waals surface area contributed by atoms with Crippen LogP contribution in [0.5, 0.6) is 0 Å². The molecule has 0 aliphatic carbocycles. The third-order valence-corrected chi connectivity index (χ3v) is 8.99. The lowest BCUT2D eigenvalue weighted by atomic mass is 9.70. The number of carbonyl (C=O) groups is 3. The highest BCUT2D eigenvalue weighted by Crippen LogP contribution is 2.59. The van der Waals surface area contributed by atoms with Crippen LogP contribution in [0.25, 0.3) is 0 Å². The van der Waals surface area contributed by atoms with E-state index < -0.39 is 41.6 Å². The van der Waals surface area contributed by atoms with Gasteiger partial charge in [-0.05, 0) is 63.3 Å². The topological polar surface area (TPSA) is 99.6 Å². The van der Waals surface area contributed by atoms with E-state index in [-0.39, 0.29) is 37.5 Å². The first-order valence-electron chi connectivity index (χ1n) is 14.9. The van der Waals surface area contributed by atoms with Gasteiger partial charge in [0.1, 0.15) is 11.6 Å². The number of rotatable bonds is 14. The largest absolute Gasteiger partial charge is 0.465 e. The number of amides is 2. The SMILES string of the molecule is C=CCCOC(=O)[C@@H]1[C@@H]2CCC3(O2)C(C(=O)N(CC=C)c2ccc(N(CC)CC)cc2)N([C@@H](CO)C(C)C)C(=O)[C@H]13. The van der Waals surface area contributed by atoms with Crippen LogP contribution in [0.3, 0.4) is 0 Å². The van der Waals surface area contributed by atoms with Crippen LogP contribution in [-0.4, -0.2) is 84.4 Å². The minimum Gasteiger partial charge on any atom is -0.465 e. The molecule has 3 heterocycles. The lowest BCUT2D eigenvalue weighted by molar-refractivity contribution is -0.156. The zero-order valence-electron chi connectivity index (χ0n) is 24.8. The first kappa shape index (κ1) is 30.8. The summed E-state index contributed by atoms with van der Waals surface area (Å²) in [4.78, 5) is 47.6. The molecule has 41 heavy (non-hydrogen) atoms. The molecule has 3 aliphatic heterocycles. The molecule has 4 rings (SSSR count). The van der Waals surface area contributed by atoms with E-state index in [0.29, 0.717) is 24.9 Å². The van der Waals surface area contributed by atoms with Gasteiger partial charge in [-0.2, -0.15) is 0 Å². The summed E-state index contributed by atoms with van der Waals surface area (Å²) < 4.78 is 12.1. The number of hydrogen-bond acceptors (Lipinski definition) is 7. The van der Waals surface area contributed by atoms with Crippen molar-refractivity contribution in [2.75, 3.05) is 42.6 Å². The monoisotopic (exact) mass is 567 g/mol. The van der Waals surface area contributed by atoms with Gasteiger partial charge in [-0.25, -0.2) is 0 Å². The molecule has 3 saturated heterocycles. The summed E-state index contributed by atoms with van der Waals surface area (Å²) in [6, 6.07) is 6.17. The molecule has 2 unspecified atom stereocenters. The Morgan fingerprint density at radius 1 is 1.17 bits per heavy atom. The Morgan fingerprint density at radius 2 is 1.83 bits per heavy atom. The number of fused-ring (bicyclic) bond motifs is 1. The van der Waals surface area contributed by atoms with E-state index in [1.165, 1.54) is 4.90 Å². The summed E-state index contributed by atoms with van der Waals surface area (Å²) >= 11 is 0. The Labute approximate surface area is 243 Å². The maximum absolute atomic E-state index is 14.7. The highest BCUT2D eigenvalue weighted by Gasteiger charge is 2.75. The van der Waals surface area contributed by atoms with Crippen LogP contribution in [0.15, 0.2) is 49.6 Å². The number of aliphatic hydroxyl groups is 1. The minimum atomic E-state index is -1.18. The van der Waals surface area contributed by atoms with E-state index in [0.717, 1.165) is 18.8 Å². The Morgan fingerprint density at radius 3 is 2.39 bits per heavy atom. The second kappa shape index (κ2) is 12.8. The van der Waals surface area contributed by atoms with Gasteiger partial charge in [0.2, 0.25) is 5.91 Å². The number of ether oxygens (including phenoxy) is 2. The Bertz CT molecular complexity index is 1130. The highest BCUT2D eigenvalue weighted by atomic mass is 16.6. The van der Waals surface area contributed by atoms with Gasteiger partial charge in [0, 0.05) is 31.0 Å². The van der Waals surface area contributed by atoms with Crippen molar-refractivity contribution >= 4 is 29.2 Å². The predicted octanol–water partition coefficient (Wildman–Crippen LogP) is 3.56. The van der Waals surface area contributed by atoms with Crippen molar-refractivity contribution in [3.05, 3.63) is 49.6 Å². The van der Waals surface area contributed by atoms with Crippen LogP contribution in [0.4, 0.5) is 11.4 Å². The van der Waals surface area contributed by atoms with Gasteiger partial charge in [-0.3, -0.25) is 14.4 Å². The van der Waals surface area contributed by atoms with Crippen LogP contribution >= 0.6 is 0 Å². The summed E-state index contributed by atoms with van der Waals surface area (Å²) in [5.74, 6) is -2.91. The molecule has 9 nitrogen and oxygen atoms in total. The minimum absolute atomic E-state index is 0.133. The van der Waals surface area contributed by atoms with E-state index >= 15 is 0 Å². The van der Waals surface area contributed by atoms with Crippen molar-refractivity contribution < 1.29 is 29.0 Å². The van der Waals surface area contributed by atoms with Gasteiger partial charge < -0.3 is 29.3 Å². The number of likely N-dealkylation sites (tertiary alicyclic amines) is 1. The average Bonchev–Trinajstić information content (AvgIpc) is 3.60. The van der Waals surface area contributed by atoms with Crippen LogP contribution in [0, 0.1) is 17.8 Å². The van der Waals surface area contributed by atoms with E-state index in [4.69, 9.17) is 9.47 Å². The van der Waals surface area contributed by atoms with Crippen LogP contribution in [0.2, 0.25) is 0 Å². The molecular weight excluding hydrogens is 522 g/mol. The molecule has 1 spiro atoms. The first-order chi connectivity index (χ1) is 19.7. The van der Waals surface area contributed by atoms with E-state index in [1.54, 1.807) is 17.1 Å². The molecule has 224 valence electrons. The van der Waals surface area contributed by atoms with Gasteiger partial charge in [0.05, 0.1) is 37.2 Å². The summed E-state index contributed by atoms with van der Waals surface area (Å²) in [5, 5.41) is 10.4. The zero-order chi connectivity index (χ0) is 29.9. The molecule has 0 radical (unpaired) electrons. The van der Waals surface area contributed by atoms with Crippen molar-refractivity contribution in [2.24, 2.45) is 17.8 Å². The molecule has 0 saturated carbocycles. The van der Waals surface area contributed by atoms with Gasteiger partial charge >= 0.3 is 5.97 Å². The third-order valence-electron chi connectivity index (χ3n) is 8.99. The normalized spacial score (nSPS) is 27.1. The Kier molecular flexibility index (Phi) is 9.59. The number of benzene rings is 1. The number of esters is 1. The molecule has 1 aromatic rings. The third kappa shape index (κ3) is 5.30. The number of hydrogen-bond donors (Lipinski definition) is 1. The fraction of sp³-hybridized carbons (Fsp3) is 0.594. The fourth-order valence-corrected chi connectivity index (χ4v) is 6.99. The smallest absolute Gasteiger partial charge is 0.312 e. The van der Waals surface area contributed by atoms with Gasteiger partial charge in [-0.1, -0.05) is 26.0 Å². The molecule has 2 amide bonds. The molecule has 6 atom stereocenters. The Hall–Kier alpha value is -3.17. The van der Waals surface area contributed by atoms with Crippen LogP contribution in [-0.2, 0) is 23.9 Å². The highest BCUT2D eigenvalue weighted by molar-refractivity contribution is 6.05. The standard InChI is InChI=1S/C32H45N3O6/c1-7-11-19-40-31(39)26-25-16-17-32(41-25)27(26)29(37)35(24(20-36)21(5)6)28(32)30(38)34(18-8-2)23-14-12-22(13-15-23)33(9-3)10-4/h7-8,12-15,21,24-28,36H,1-2,9-11,16-20H2,3-6H3/t24-,25-,26+,27-,28?,32?/m0/s1. The lowest BCUT2D eigenvalue weighted by Crippen LogP contribution is -2.59. The van der Waals surface area contributed by atoms with E-state index in [9.17, 15) is 19.5 Å². The van der Waals surface area contributed by atoms with Crippen LogP contribution in [0.1, 0.15) is 47.0 Å². The number of aliphatic hydroxyl groups excluding tert-OH is 1. The van der Waals surface area contributed by atoms with Crippen molar-refractivity contribution in [1.29, 1.82) is 0 Å². The van der Waals surface area contributed by atoms with Crippen molar-refractivity contribution in [1.82, 2.24) is 4.90 Å². The molecule has 2 bridgehead atoms. The maximum atomic E-state index is 14.7. The predicted molar refractivity (Wildman–Crippen MR) is 158 cm³/mol. The lowest BCUT2D eigenvalue weighted by Gasteiger charge is -2.40. The molecule has 0 aromatic heterocycles. The van der Waals surface area contributed by atoms with E-state index in [1.807, 2.05) is 38.1 Å². The molecule has 1 aromatic carbocycles. The van der Waals surface area contributed by atoms with Gasteiger partial charge in [0.25, 0.3) is 5.91 Å². The summed E-state index contributed by atoms with van der Waals surface area (Å²) in [7, 11) is 0. The average molecular weight is 568 g/mol. The second-order valence-electron chi connectivity index (χ2n) is 11.5. The molecule has 3 fully saturated rings. The number of nitrogens with zero attached hydrogens (tertiary/aromatic N) is 3. The molecule has 3 aliphatic rings. The van der Waals surface area contributed by atoms with Crippen LogP contribution < -0.4 is 9.80 Å². The van der Waals surface area contributed by atoms with Gasteiger partial charge in [-0.15, -0.1) is 13.2 Å². The quantitative estimate of drug-likeness (QED) is 0.209. The van der Waals surface area contributed by atoms with Crippen molar-refractivity contribution in [2.45, 2.75) is 70.7 Å². The van der Waals surface area contributed by atoms with Crippen molar-refractivity contribution in [3.63, 3.8) is 0 Å². The summed E-state index contributed by atoms with van der Waals surface area (Å²) in [6.07, 6.45) is 4.35. The number of carbonyl (C=O) groups excluding carboxylic acids is 3. The molecule has 9 heteroatoms. The Balaban J connectivity index is 1.75. The first-order valence-corrected chi connectivity index (χ1v) is 14.9. The summed E-state index contributed by atoms with van der Waals surface area (Å²) in [6.45, 7) is 17.4. The summed E-state index contributed by atoms with van der Waals surface area (Å²) in [5.41, 5.74) is 0.553. The second-order valence-corrected chi connectivity index (χ2v) is 11.5. The molecule has 1 N–H and O–H groups in total.